The number of sulfonamides is 1. The van der Waals surface area contributed by atoms with Crippen LogP contribution in [-0.4, -0.2) is 80.1 Å². The Balaban J connectivity index is 1.66. The lowest BCUT2D eigenvalue weighted by Crippen LogP contribution is -2.49. The molecule has 2 fully saturated rings. The Hall–Kier alpha value is -0.170. The molecule has 2 heterocycles. The maximum absolute atomic E-state index is 12.1. The number of hydrogen-bond donors (Lipinski definition) is 0. The molecule has 0 aromatic carbocycles. The lowest BCUT2D eigenvalue weighted by molar-refractivity contribution is 0.109. The average Bonchev–Trinajstić information content (AvgIpc) is 2.94. The van der Waals surface area contributed by atoms with Crippen LogP contribution >= 0.6 is 0 Å². The lowest BCUT2D eigenvalue weighted by atomic mass is 10.2. The largest absolute Gasteiger partial charge is 0.301 e. The summed E-state index contributed by atoms with van der Waals surface area (Å²) in [7, 11) is -3.02. The summed E-state index contributed by atoms with van der Waals surface area (Å²) in [5.41, 5.74) is 0. The zero-order valence-electron chi connectivity index (χ0n) is 12.8. The molecule has 0 aromatic rings. The first-order chi connectivity index (χ1) is 9.49. The third-order valence-corrected chi connectivity index (χ3v) is 6.25. The second kappa shape index (κ2) is 7.20. The van der Waals surface area contributed by atoms with Gasteiger partial charge in [-0.15, -0.1) is 0 Å². The van der Waals surface area contributed by atoms with Gasteiger partial charge in [-0.05, 0) is 39.7 Å². The summed E-state index contributed by atoms with van der Waals surface area (Å²) < 4.78 is 25.8. The molecule has 5 nitrogen and oxygen atoms in total. The second-order valence-electron chi connectivity index (χ2n) is 6.08. The van der Waals surface area contributed by atoms with E-state index < -0.39 is 10.0 Å². The topological polar surface area (TPSA) is 43.9 Å². The fourth-order valence-electron chi connectivity index (χ4n) is 2.92. The Morgan fingerprint density at radius 2 is 1.80 bits per heavy atom. The van der Waals surface area contributed by atoms with E-state index in [1.807, 2.05) is 6.42 Å². The maximum Gasteiger partial charge on any atom is 0.214 e. The summed E-state index contributed by atoms with van der Waals surface area (Å²) in [6.07, 6.45) is 3.69. The van der Waals surface area contributed by atoms with Crippen molar-refractivity contribution in [1.82, 2.24) is 14.1 Å². The minimum absolute atomic E-state index is 0.297. The van der Waals surface area contributed by atoms with Gasteiger partial charge in [0.1, 0.15) is 0 Å². The van der Waals surface area contributed by atoms with Crippen LogP contribution in [0.4, 0.5) is 0 Å². The highest BCUT2D eigenvalue weighted by Crippen LogP contribution is 2.13. The van der Waals surface area contributed by atoms with Crippen LogP contribution in [0.5, 0.6) is 0 Å². The molecule has 0 bridgehead atoms. The van der Waals surface area contributed by atoms with Gasteiger partial charge in [-0.3, -0.25) is 4.90 Å². The molecule has 0 aliphatic carbocycles. The van der Waals surface area contributed by atoms with Crippen LogP contribution in [-0.2, 0) is 10.0 Å². The Morgan fingerprint density at radius 3 is 2.35 bits per heavy atom. The molecular weight excluding hydrogens is 274 g/mol. The molecule has 0 N–H and O–H groups in total. The summed E-state index contributed by atoms with van der Waals surface area (Å²) in [5, 5.41) is 0. The van der Waals surface area contributed by atoms with Gasteiger partial charge in [-0.1, -0.05) is 0 Å². The molecule has 6 heteroatoms. The first-order valence-electron chi connectivity index (χ1n) is 7.75. The van der Waals surface area contributed by atoms with E-state index in [0.717, 1.165) is 45.6 Å². The minimum Gasteiger partial charge on any atom is -0.301 e. The van der Waals surface area contributed by atoms with Crippen molar-refractivity contribution < 1.29 is 8.42 Å². The molecule has 0 saturated carbocycles. The van der Waals surface area contributed by atoms with Gasteiger partial charge in [-0.2, -0.15) is 0 Å². The van der Waals surface area contributed by atoms with E-state index in [1.165, 1.54) is 0 Å². The van der Waals surface area contributed by atoms with Gasteiger partial charge in [0.25, 0.3) is 0 Å². The summed E-state index contributed by atoms with van der Waals surface area (Å²) in [6, 6.07) is 0.615. The number of hydrogen-bond acceptors (Lipinski definition) is 4. The summed E-state index contributed by atoms with van der Waals surface area (Å²) in [6.45, 7) is 11.0. The molecular formula is C14H28N3O2S. The summed E-state index contributed by atoms with van der Waals surface area (Å²) >= 11 is 0. The van der Waals surface area contributed by atoms with Crippen molar-refractivity contribution in [3.8, 4) is 0 Å². The van der Waals surface area contributed by atoms with Crippen molar-refractivity contribution in [2.45, 2.75) is 32.7 Å². The van der Waals surface area contributed by atoms with Crippen LogP contribution < -0.4 is 0 Å². The molecule has 20 heavy (non-hydrogen) atoms. The van der Waals surface area contributed by atoms with E-state index >= 15 is 0 Å². The monoisotopic (exact) mass is 302 g/mol. The van der Waals surface area contributed by atoms with Crippen LogP contribution in [0.15, 0.2) is 0 Å². The normalized spacial score (nSPS) is 23.8. The Kier molecular flexibility index (Phi) is 5.84. The SMILES string of the molecule is CC(C)N1CCN(CCCS(=O)(=O)N2C[CH]CC2)CC1. The zero-order valence-corrected chi connectivity index (χ0v) is 13.6. The minimum atomic E-state index is -3.02. The predicted octanol–water partition coefficient (Wildman–Crippen LogP) is 0.642. The molecule has 2 saturated heterocycles. The Morgan fingerprint density at radius 1 is 1.10 bits per heavy atom. The van der Waals surface area contributed by atoms with Crippen LogP contribution in [0, 0.1) is 6.42 Å². The van der Waals surface area contributed by atoms with Gasteiger partial charge in [0, 0.05) is 45.3 Å². The predicted molar refractivity (Wildman–Crippen MR) is 82.0 cm³/mol. The van der Waals surface area contributed by atoms with Crippen molar-refractivity contribution in [2.75, 3.05) is 51.6 Å². The van der Waals surface area contributed by atoms with Crippen LogP contribution in [0.1, 0.15) is 26.7 Å². The van der Waals surface area contributed by atoms with Gasteiger partial charge in [0.2, 0.25) is 10.0 Å². The molecule has 2 aliphatic rings. The van der Waals surface area contributed by atoms with Crippen molar-refractivity contribution in [3.05, 3.63) is 6.42 Å². The Bertz CT molecular complexity index is 383. The zero-order chi connectivity index (χ0) is 14.6. The highest BCUT2D eigenvalue weighted by atomic mass is 32.2. The molecule has 0 spiro atoms. The van der Waals surface area contributed by atoms with Gasteiger partial charge in [0.05, 0.1) is 5.75 Å². The van der Waals surface area contributed by atoms with Gasteiger partial charge in [-0.25, -0.2) is 12.7 Å². The van der Waals surface area contributed by atoms with Crippen molar-refractivity contribution in [2.24, 2.45) is 0 Å². The molecule has 117 valence electrons. The van der Waals surface area contributed by atoms with E-state index in [2.05, 4.69) is 23.6 Å². The smallest absolute Gasteiger partial charge is 0.214 e. The second-order valence-corrected chi connectivity index (χ2v) is 8.16. The third-order valence-electron chi connectivity index (χ3n) is 4.32. The highest BCUT2D eigenvalue weighted by Gasteiger charge is 2.25. The van der Waals surface area contributed by atoms with E-state index in [0.29, 0.717) is 24.9 Å². The number of rotatable bonds is 6. The average molecular weight is 302 g/mol. The van der Waals surface area contributed by atoms with Gasteiger partial charge >= 0.3 is 0 Å². The molecule has 1 radical (unpaired) electrons. The van der Waals surface area contributed by atoms with E-state index in [1.54, 1.807) is 4.31 Å². The summed E-state index contributed by atoms with van der Waals surface area (Å²) in [5.74, 6) is 0.297. The van der Waals surface area contributed by atoms with E-state index in [-0.39, 0.29) is 0 Å². The fourth-order valence-corrected chi connectivity index (χ4v) is 4.39. The molecule has 0 aromatic heterocycles. The van der Waals surface area contributed by atoms with E-state index in [9.17, 15) is 8.42 Å². The number of nitrogens with zero attached hydrogens (tertiary/aromatic N) is 3. The fraction of sp³-hybridized carbons (Fsp3) is 0.929. The van der Waals surface area contributed by atoms with Crippen molar-refractivity contribution in [1.29, 1.82) is 0 Å². The molecule has 0 unspecified atom stereocenters. The highest BCUT2D eigenvalue weighted by molar-refractivity contribution is 7.89. The van der Waals surface area contributed by atoms with Crippen LogP contribution in [0.25, 0.3) is 0 Å². The molecule has 2 rings (SSSR count). The van der Waals surface area contributed by atoms with Crippen LogP contribution in [0.3, 0.4) is 0 Å². The first kappa shape index (κ1) is 16.2. The molecule has 0 atom stereocenters. The maximum atomic E-state index is 12.1. The van der Waals surface area contributed by atoms with Crippen molar-refractivity contribution in [3.63, 3.8) is 0 Å². The molecule has 0 amide bonds. The molecule has 2 aliphatic heterocycles. The lowest BCUT2D eigenvalue weighted by Gasteiger charge is -2.36. The van der Waals surface area contributed by atoms with Gasteiger partial charge < -0.3 is 4.90 Å². The van der Waals surface area contributed by atoms with Crippen molar-refractivity contribution >= 4 is 10.0 Å². The van der Waals surface area contributed by atoms with Gasteiger partial charge in [0.15, 0.2) is 0 Å². The third kappa shape index (κ3) is 4.41. The number of piperazine rings is 1. The summed E-state index contributed by atoms with van der Waals surface area (Å²) in [4.78, 5) is 4.87. The standard InChI is InChI=1S/C14H28N3O2S/c1-14(2)16-11-9-15(10-12-16)6-5-13-20(18,19)17-7-3-4-8-17/h3,14H,4-13H2,1-2H3. The first-order valence-corrected chi connectivity index (χ1v) is 9.36. The quantitative estimate of drug-likeness (QED) is 0.722. The van der Waals surface area contributed by atoms with Crippen LogP contribution in [0.2, 0.25) is 0 Å². The Labute approximate surface area is 124 Å². The van der Waals surface area contributed by atoms with E-state index in [4.69, 9.17) is 0 Å².